The molecule has 0 aliphatic heterocycles. The van der Waals surface area contributed by atoms with Crippen molar-refractivity contribution in [3.8, 4) is 27.9 Å². The summed E-state index contributed by atoms with van der Waals surface area (Å²) in [6, 6.07) is 54.7. The second-order valence-electron chi connectivity index (χ2n) is 11.7. The number of rotatable bonds is 3. The van der Waals surface area contributed by atoms with Gasteiger partial charge in [-0.1, -0.05) is 97.1 Å². The molecule has 7 aromatic carbocycles. The van der Waals surface area contributed by atoms with E-state index in [-0.39, 0.29) is 0 Å². The monoisotopic (exact) mass is 591 g/mol. The minimum absolute atomic E-state index is 0.901. The van der Waals surface area contributed by atoms with E-state index in [0.717, 1.165) is 38.7 Å². The zero-order valence-electron chi connectivity index (χ0n) is 24.2. The molecule has 0 amide bonds. The Morgan fingerprint density at radius 1 is 0.467 bits per heavy atom. The lowest BCUT2D eigenvalue weighted by Gasteiger charge is -2.09. The van der Waals surface area contributed by atoms with Crippen LogP contribution in [0.25, 0.3) is 91.9 Å². The summed E-state index contributed by atoms with van der Waals surface area (Å²) < 4.78 is 11.5. The smallest absolute Gasteiger partial charge is 0.161 e. The molecule has 0 spiro atoms. The van der Waals surface area contributed by atoms with E-state index >= 15 is 0 Å². The molecule has 45 heavy (non-hydrogen) atoms. The van der Waals surface area contributed by atoms with Crippen LogP contribution in [0.4, 0.5) is 0 Å². The molecule has 10 rings (SSSR count). The molecule has 3 aromatic heterocycles. The molecule has 0 bridgehead atoms. The minimum atomic E-state index is 0.901. The van der Waals surface area contributed by atoms with Crippen molar-refractivity contribution in [2.45, 2.75) is 0 Å². The van der Waals surface area contributed by atoms with Crippen molar-refractivity contribution in [2.75, 3.05) is 0 Å². The number of para-hydroxylation sites is 2. The van der Waals surface area contributed by atoms with Gasteiger partial charge < -0.3 is 8.98 Å². The van der Waals surface area contributed by atoms with Gasteiger partial charge in [0.1, 0.15) is 11.1 Å². The Morgan fingerprint density at radius 2 is 1.20 bits per heavy atom. The summed E-state index contributed by atoms with van der Waals surface area (Å²) in [5, 5.41) is 7.55. The standard InChI is InChI=1S/C42H25NOS/c1-2-12-31(13-3-1)43-36-16-7-6-15-33(36)42-41(43)35-24-29(18-21-37(35)44-42)27-10-8-11-28(23-27)30-17-20-34-39(25-30)45-38-22-19-26-9-4-5-14-32(26)40(34)38/h1-25H. The number of thiophene rings is 1. The van der Waals surface area contributed by atoms with Gasteiger partial charge in [-0.2, -0.15) is 0 Å². The van der Waals surface area contributed by atoms with E-state index in [9.17, 15) is 0 Å². The Kier molecular flexibility index (Phi) is 5.19. The number of benzene rings is 7. The quantitative estimate of drug-likeness (QED) is 0.200. The lowest BCUT2D eigenvalue weighted by molar-refractivity contribution is 0.673. The highest BCUT2D eigenvalue weighted by atomic mass is 32.1. The molecule has 2 nitrogen and oxygen atoms in total. The molecule has 3 heterocycles. The van der Waals surface area contributed by atoms with Crippen molar-refractivity contribution in [1.82, 2.24) is 4.57 Å². The zero-order chi connectivity index (χ0) is 29.5. The Morgan fingerprint density at radius 3 is 2.09 bits per heavy atom. The summed E-state index contributed by atoms with van der Waals surface area (Å²) in [7, 11) is 0. The molecule has 0 aliphatic carbocycles. The Balaban J connectivity index is 1.12. The van der Waals surface area contributed by atoms with E-state index in [0.29, 0.717) is 0 Å². The lowest BCUT2D eigenvalue weighted by atomic mass is 9.97. The Bertz CT molecular complexity index is 2760. The summed E-state index contributed by atoms with van der Waals surface area (Å²) in [4.78, 5) is 0. The molecule has 0 atom stereocenters. The van der Waals surface area contributed by atoms with Crippen LogP contribution in [0.3, 0.4) is 0 Å². The maximum absolute atomic E-state index is 6.52. The summed E-state index contributed by atoms with van der Waals surface area (Å²) in [5.74, 6) is 0. The Labute approximate surface area is 263 Å². The van der Waals surface area contributed by atoms with E-state index in [1.54, 1.807) is 0 Å². The van der Waals surface area contributed by atoms with Gasteiger partial charge in [0, 0.05) is 36.6 Å². The third-order valence-corrected chi connectivity index (χ3v) is 10.3. The molecule has 210 valence electrons. The second-order valence-corrected chi connectivity index (χ2v) is 12.8. The van der Waals surface area contributed by atoms with Crippen molar-refractivity contribution < 1.29 is 4.42 Å². The summed E-state index contributed by atoms with van der Waals surface area (Å²) in [6.45, 7) is 0. The first-order valence-corrected chi connectivity index (χ1v) is 16.1. The first-order chi connectivity index (χ1) is 22.3. The van der Waals surface area contributed by atoms with Gasteiger partial charge in [0.15, 0.2) is 5.58 Å². The van der Waals surface area contributed by atoms with Crippen LogP contribution < -0.4 is 0 Å². The maximum Gasteiger partial charge on any atom is 0.161 e. The van der Waals surface area contributed by atoms with E-state index < -0.39 is 0 Å². The van der Waals surface area contributed by atoms with Crippen molar-refractivity contribution in [3.63, 3.8) is 0 Å². The molecule has 0 radical (unpaired) electrons. The molecule has 0 unspecified atom stereocenters. The van der Waals surface area contributed by atoms with Gasteiger partial charge in [-0.05, 0) is 87.6 Å². The van der Waals surface area contributed by atoms with Gasteiger partial charge in [0.25, 0.3) is 0 Å². The van der Waals surface area contributed by atoms with Crippen molar-refractivity contribution in [2.24, 2.45) is 0 Å². The van der Waals surface area contributed by atoms with Crippen LogP contribution >= 0.6 is 11.3 Å². The summed E-state index contributed by atoms with van der Waals surface area (Å²) >= 11 is 1.88. The largest absolute Gasteiger partial charge is 0.454 e. The van der Waals surface area contributed by atoms with Gasteiger partial charge in [-0.15, -0.1) is 11.3 Å². The van der Waals surface area contributed by atoms with Gasteiger partial charge in [0.05, 0.1) is 5.52 Å². The molecule has 0 aliphatic rings. The fourth-order valence-electron chi connectivity index (χ4n) is 7.10. The number of hydrogen-bond acceptors (Lipinski definition) is 2. The van der Waals surface area contributed by atoms with Crippen LogP contribution in [-0.4, -0.2) is 4.57 Å². The molecule has 10 aromatic rings. The second kappa shape index (κ2) is 9.43. The van der Waals surface area contributed by atoms with Crippen molar-refractivity contribution >= 4 is 75.3 Å². The molecule has 3 heteroatoms. The summed E-state index contributed by atoms with van der Waals surface area (Å²) in [6.07, 6.45) is 0. The number of furan rings is 1. The van der Waals surface area contributed by atoms with E-state index in [4.69, 9.17) is 4.42 Å². The first kappa shape index (κ1) is 24.8. The third kappa shape index (κ3) is 3.68. The normalized spacial score (nSPS) is 12.0. The van der Waals surface area contributed by atoms with Gasteiger partial charge in [0.2, 0.25) is 0 Å². The van der Waals surface area contributed by atoms with Crippen LogP contribution in [0.1, 0.15) is 0 Å². The van der Waals surface area contributed by atoms with E-state index in [2.05, 4.69) is 156 Å². The van der Waals surface area contributed by atoms with Crippen LogP contribution in [0.15, 0.2) is 156 Å². The molecule has 0 saturated carbocycles. The van der Waals surface area contributed by atoms with Crippen LogP contribution in [0.5, 0.6) is 0 Å². The molecular formula is C42H25NOS. The van der Waals surface area contributed by atoms with Crippen LogP contribution in [0, 0.1) is 0 Å². The first-order valence-electron chi connectivity index (χ1n) is 15.3. The zero-order valence-corrected chi connectivity index (χ0v) is 25.0. The fourth-order valence-corrected chi connectivity index (χ4v) is 8.26. The van der Waals surface area contributed by atoms with Gasteiger partial charge in [-0.25, -0.2) is 0 Å². The highest BCUT2D eigenvalue weighted by Gasteiger charge is 2.19. The highest BCUT2D eigenvalue weighted by molar-refractivity contribution is 7.26. The maximum atomic E-state index is 6.52. The molecule has 0 N–H and O–H groups in total. The Hall–Kier alpha value is -5.64. The SMILES string of the molecule is c1ccc(-n2c3ccccc3c3oc4ccc(-c5cccc(-c6ccc7c(c6)sc6ccc8ccccc8c67)c5)cc4c32)cc1. The van der Waals surface area contributed by atoms with E-state index in [1.807, 2.05) is 11.3 Å². The third-order valence-electron chi connectivity index (χ3n) is 9.18. The topological polar surface area (TPSA) is 18.1 Å². The van der Waals surface area contributed by atoms with Crippen LogP contribution in [0.2, 0.25) is 0 Å². The number of nitrogens with zero attached hydrogens (tertiary/aromatic N) is 1. The number of fused-ring (bicyclic) bond motifs is 10. The summed E-state index contributed by atoms with van der Waals surface area (Å²) in [5.41, 5.74) is 10.0. The predicted octanol–water partition coefficient (Wildman–Crippen LogP) is 12.4. The highest BCUT2D eigenvalue weighted by Crippen LogP contribution is 2.42. The number of aromatic nitrogens is 1. The minimum Gasteiger partial charge on any atom is -0.454 e. The average molecular weight is 592 g/mol. The lowest BCUT2D eigenvalue weighted by Crippen LogP contribution is -1.92. The van der Waals surface area contributed by atoms with Crippen molar-refractivity contribution in [1.29, 1.82) is 0 Å². The molecular weight excluding hydrogens is 567 g/mol. The van der Waals surface area contributed by atoms with E-state index in [1.165, 1.54) is 53.2 Å². The van der Waals surface area contributed by atoms with Crippen molar-refractivity contribution in [3.05, 3.63) is 152 Å². The number of hydrogen-bond donors (Lipinski definition) is 0. The average Bonchev–Trinajstić information content (AvgIpc) is 3.77. The predicted molar refractivity (Wildman–Crippen MR) is 192 cm³/mol. The molecule has 0 saturated heterocycles. The van der Waals surface area contributed by atoms with Gasteiger partial charge >= 0.3 is 0 Å². The van der Waals surface area contributed by atoms with Gasteiger partial charge in [-0.3, -0.25) is 0 Å². The molecule has 0 fully saturated rings. The fraction of sp³-hybridized carbons (Fsp3) is 0. The van der Waals surface area contributed by atoms with Crippen LogP contribution in [-0.2, 0) is 0 Å².